The molecule has 0 atom stereocenters. The van der Waals surface area contributed by atoms with E-state index in [0.29, 0.717) is 6.42 Å². The molecule has 0 saturated carbocycles. The molecule has 1 aromatic heterocycles. The molecular formula is C16H18N2O4. The topological polar surface area (TPSA) is 70.4 Å². The summed E-state index contributed by atoms with van der Waals surface area (Å²) in [5.41, 5.74) is 2.09. The number of aromatic nitrogens is 2. The molecule has 1 aromatic carbocycles. The number of rotatable bonds is 5. The number of hydrogen-bond acceptors (Lipinski definition) is 5. The third kappa shape index (κ3) is 3.94. The Morgan fingerprint density at radius 1 is 1.32 bits per heavy atom. The molecule has 1 heterocycles. The van der Waals surface area contributed by atoms with Crippen LogP contribution in [0.15, 0.2) is 30.6 Å². The minimum absolute atomic E-state index is 0.209. The Balaban J connectivity index is 2.03. The van der Waals surface area contributed by atoms with E-state index in [9.17, 15) is 9.59 Å². The van der Waals surface area contributed by atoms with Gasteiger partial charge in [0.25, 0.3) is 0 Å². The van der Waals surface area contributed by atoms with Gasteiger partial charge in [-0.25, -0.2) is 4.79 Å². The number of hydrogen-bond donors (Lipinski definition) is 0. The number of esters is 2. The van der Waals surface area contributed by atoms with Crippen LogP contribution in [0.1, 0.15) is 27.9 Å². The molecule has 0 aliphatic rings. The predicted molar refractivity (Wildman–Crippen MR) is 79.7 cm³/mol. The lowest BCUT2D eigenvalue weighted by molar-refractivity contribution is -0.134. The van der Waals surface area contributed by atoms with E-state index >= 15 is 0 Å². The Labute approximate surface area is 128 Å². The number of carbonyl (C=O) groups excluding carboxylic acids is 2. The molecule has 0 radical (unpaired) electrons. The minimum Gasteiger partial charge on any atom is -0.465 e. The fraction of sp³-hybridized carbons (Fsp3) is 0.312. The zero-order valence-electron chi connectivity index (χ0n) is 12.8. The number of benzene rings is 1. The van der Waals surface area contributed by atoms with Crippen LogP contribution in [-0.2, 0) is 23.0 Å². The summed E-state index contributed by atoms with van der Waals surface area (Å²) in [5, 5.41) is 4.04. The average molecular weight is 302 g/mol. The molecule has 116 valence electrons. The van der Waals surface area contributed by atoms with E-state index < -0.39 is 11.9 Å². The zero-order chi connectivity index (χ0) is 16.1. The van der Waals surface area contributed by atoms with Gasteiger partial charge in [-0.1, -0.05) is 6.07 Å². The molecule has 22 heavy (non-hydrogen) atoms. The molecule has 6 heteroatoms. The summed E-state index contributed by atoms with van der Waals surface area (Å²) in [5.74, 6) is -0.717. The molecule has 0 amide bonds. The number of methoxy groups -OCH3 is 1. The molecule has 0 saturated heterocycles. The highest BCUT2D eigenvalue weighted by Gasteiger charge is 2.16. The third-order valence-electron chi connectivity index (χ3n) is 3.14. The Hall–Kier alpha value is -2.63. The van der Waals surface area contributed by atoms with Crippen LogP contribution in [0, 0.1) is 6.92 Å². The SMILES string of the molecule is COC(=O)c1cc(C)ccc1OC(=O)CCc1cnn(C)c1. The first-order valence-corrected chi connectivity index (χ1v) is 6.86. The van der Waals surface area contributed by atoms with Crippen LogP contribution in [0.3, 0.4) is 0 Å². The maximum Gasteiger partial charge on any atom is 0.341 e. The lowest BCUT2D eigenvalue weighted by atomic mass is 10.1. The minimum atomic E-state index is -0.529. The molecule has 0 aliphatic carbocycles. The summed E-state index contributed by atoms with van der Waals surface area (Å²) in [7, 11) is 3.11. The molecular weight excluding hydrogens is 284 g/mol. The Morgan fingerprint density at radius 3 is 2.73 bits per heavy atom. The van der Waals surface area contributed by atoms with Crippen molar-refractivity contribution >= 4 is 11.9 Å². The second-order valence-corrected chi connectivity index (χ2v) is 4.99. The molecule has 2 aromatic rings. The molecule has 0 bridgehead atoms. The quantitative estimate of drug-likeness (QED) is 0.624. The Kier molecular flexibility index (Phi) is 4.93. The Morgan fingerprint density at radius 2 is 2.09 bits per heavy atom. The third-order valence-corrected chi connectivity index (χ3v) is 3.14. The highest BCUT2D eigenvalue weighted by molar-refractivity contribution is 5.93. The molecule has 6 nitrogen and oxygen atoms in total. The van der Waals surface area contributed by atoms with Crippen molar-refractivity contribution in [3.8, 4) is 5.75 Å². The van der Waals surface area contributed by atoms with Gasteiger partial charge in [0.2, 0.25) is 0 Å². The predicted octanol–water partition coefficient (Wildman–Crippen LogP) is 2.05. The van der Waals surface area contributed by atoms with Crippen molar-refractivity contribution in [3.05, 3.63) is 47.3 Å². The van der Waals surface area contributed by atoms with Crippen LogP contribution in [0.5, 0.6) is 5.75 Å². The number of ether oxygens (including phenoxy) is 2. The number of carbonyl (C=O) groups is 2. The fourth-order valence-electron chi connectivity index (χ4n) is 2.02. The summed E-state index contributed by atoms with van der Waals surface area (Å²) in [6.45, 7) is 1.85. The van der Waals surface area contributed by atoms with E-state index in [1.807, 2.05) is 20.2 Å². The van der Waals surface area contributed by atoms with Crippen LogP contribution in [0.4, 0.5) is 0 Å². The van der Waals surface area contributed by atoms with E-state index in [2.05, 4.69) is 5.10 Å². The van der Waals surface area contributed by atoms with Gasteiger partial charge in [0.1, 0.15) is 11.3 Å². The van der Waals surface area contributed by atoms with Crippen molar-refractivity contribution < 1.29 is 19.1 Å². The summed E-state index contributed by atoms with van der Waals surface area (Å²) < 4.78 is 11.7. The van der Waals surface area contributed by atoms with Gasteiger partial charge < -0.3 is 9.47 Å². The van der Waals surface area contributed by atoms with Crippen molar-refractivity contribution in [1.29, 1.82) is 0 Å². The zero-order valence-corrected chi connectivity index (χ0v) is 12.8. The molecule has 0 N–H and O–H groups in total. The van der Waals surface area contributed by atoms with E-state index in [1.54, 1.807) is 29.1 Å². The van der Waals surface area contributed by atoms with Crippen LogP contribution >= 0.6 is 0 Å². The van der Waals surface area contributed by atoms with Crippen molar-refractivity contribution in [1.82, 2.24) is 9.78 Å². The normalized spacial score (nSPS) is 10.3. The maximum atomic E-state index is 11.9. The van der Waals surface area contributed by atoms with Crippen molar-refractivity contribution in [3.63, 3.8) is 0 Å². The van der Waals surface area contributed by atoms with Gasteiger partial charge >= 0.3 is 11.9 Å². The molecule has 0 fully saturated rings. The number of nitrogens with zero attached hydrogens (tertiary/aromatic N) is 2. The lowest BCUT2D eigenvalue weighted by Crippen LogP contribution is -2.12. The van der Waals surface area contributed by atoms with E-state index in [1.165, 1.54) is 7.11 Å². The molecule has 0 unspecified atom stereocenters. The second kappa shape index (κ2) is 6.89. The van der Waals surface area contributed by atoms with Gasteiger partial charge in [-0.2, -0.15) is 5.10 Å². The van der Waals surface area contributed by atoms with Crippen LogP contribution in [0.25, 0.3) is 0 Å². The van der Waals surface area contributed by atoms with Gasteiger partial charge in [-0.3, -0.25) is 9.48 Å². The standard InChI is InChI=1S/C16H18N2O4/c1-11-4-6-14(13(8-11)16(20)21-3)22-15(19)7-5-12-9-17-18(2)10-12/h4,6,8-10H,5,7H2,1-3H3. The van der Waals surface area contributed by atoms with Crippen LogP contribution in [-0.4, -0.2) is 28.8 Å². The lowest BCUT2D eigenvalue weighted by Gasteiger charge is -2.09. The Bertz CT molecular complexity index is 691. The van der Waals surface area contributed by atoms with Crippen molar-refractivity contribution in [2.45, 2.75) is 19.8 Å². The first-order chi connectivity index (χ1) is 10.5. The van der Waals surface area contributed by atoms with Crippen molar-refractivity contribution in [2.75, 3.05) is 7.11 Å². The molecule has 0 spiro atoms. The largest absolute Gasteiger partial charge is 0.465 e. The average Bonchev–Trinajstić information content (AvgIpc) is 2.92. The van der Waals surface area contributed by atoms with Gasteiger partial charge in [-0.15, -0.1) is 0 Å². The second-order valence-electron chi connectivity index (χ2n) is 4.99. The first kappa shape index (κ1) is 15.8. The smallest absolute Gasteiger partial charge is 0.341 e. The van der Waals surface area contributed by atoms with Crippen LogP contribution in [0.2, 0.25) is 0 Å². The summed E-state index contributed by atoms with van der Waals surface area (Å²) in [4.78, 5) is 23.7. The van der Waals surface area contributed by atoms with Gasteiger partial charge in [-0.05, 0) is 36.6 Å². The van der Waals surface area contributed by atoms with Crippen LogP contribution < -0.4 is 4.74 Å². The molecule has 2 rings (SSSR count). The van der Waals surface area contributed by atoms with E-state index in [0.717, 1.165) is 11.1 Å². The summed E-state index contributed by atoms with van der Waals surface area (Å²) in [6.07, 6.45) is 4.30. The molecule has 0 aliphatic heterocycles. The highest BCUT2D eigenvalue weighted by Crippen LogP contribution is 2.21. The van der Waals surface area contributed by atoms with Gasteiger partial charge in [0.15, 0.2) is 0 Å². The maximum absolute atomic E-state index is 11.9. The van der Waals surface area contributed by atoms with E-state index in [-0.39, 0.29) is 17.7 Å². The first-order valence-electron chi connectivity index (χ1n) is 6.86. The fourth-order valence-corrected chi connectivity index (χ4v) is 2.02. The van der Waals surface area contributed by atoms with E-state index in [4.69, 9.17) is 9.47 Å². The highest BCUT2D eigenvalue weighted by atomic mass is 16.5. The van der Waals surface area contributed by atoms with Gasteiger partial charge in [0, 0.05) is 13.2 Å². The van der Waals surface area contributed by atoms with Gasteiger partial charge in [0.05, 0.1) is 19.7 Å². The summed E-state index contributed by atoms with van der Waals surface area (Å²) in [6, 6.07) is 5.01. The summed E-state index contributed by atoms with van der Waals surface area (Å²) >= 11 is 0. The monoisotopic (exact) mass is 302 g/mol. The van der Waals surface area contributed by atoms with Crippen molar-refractivity contribution in [2.24, 2.45) is 7.05 Å². The number of aryl methyl sites for hydroxylation is 3.